The van der Waals surface area contributed by atoms with Gasteiger partial charge in [0.05, 0.1) is 5.92 Å². The van der Waals surface area contributed by atoms with Crippen molar-refractivity contribution in [2.45, 2.75) is 5.92 Å². The molecule has 4 heteroatoms. The molecular weight excluding hydrogens is 322 g/mol. The number of aromatic hydroxyl groups is 1. The van der Waals surface area contributed by atoms with Crippen molar-refractivity contribution in [3.8, 4) is 16.9 Å². The van der Waals surface area contributed by atoms with Crippen LogP contribution in [0.2, 0.25) is 5.02 Å². The van der Waals surface area contributed by atoms with E-state index in [-0.39, 0.29) is 11.7 Å². The van der Waals surface area contributed by atoms with Crippen LogP contribution in [-0.4, -0.2) is 11.0 Å². The first kappa shape index (κ1) is 14.8. The molecule has 1 aliphatic heterocycles. The highest BCUT2D eigenvalue weighted by Crippen LogP contribution is 2.42. The number of anilines is 1. The Morgan fingerprint density at radius 3 is 2.46 bits per heavy atom. The molecule has 0 aliphatic carbocycles. The van der Waals surface area contributed by atoms with Gasteiger partial charge in [-0.15, -0.1) is 0 Å². The summed E-state index contributed by atoms with van der Waals surface area (Å²) in [4.78, 5) is 12.5. The second kappa shape index (κ2) is 5.69. The number of phenols is 1. The highest BCUT2D eigenvalue weighted by molar-refractivity contribution is 6.30. The van der Waals surface area contributed by atoms with Gasteiger partial charge in [0.15, 0.2) is 0 Å². The maximum Gasteiger partial charge on any atom is 0.236 e. The molecule has 4 rings (SSSR count). The Morgan fingerprint density at radius 2 is 1.67 bits per heavy atom. The maximum atomic E-state index is 12.5. The Bertz CT molecular complexity index is 938. The van der Waals surface area contributed by atoms with E-state index >= 15 is 0 Å². The lowest BCUT2D eigenvalue weighted by Crippen LogP contribution is -2.13. The quantitative estimate of drug-likeness (QED) is 0.707. The maximum absolute atomic E-state index is 12.5. The van der Waals surface area contributed by atoms with E-state index in [1.807, 2.05) is 48.5 Å². The molecule has 118 valence electrons. The highest BCUT2D eigenvalue weighted by atomic mass is 35.5. The lowest BCUT2D eigenvalue weighted by Gasteiger charge is -2.12. The number of hydrogen-bond donors (Lipinski definition) is 2. The average Bonchev–Trinajstić information content (AvgIpc) is 2.92. The van der Waals surface area contributed by atoms with Gasteiger partial charge in [0, 0.05) is 16.3 Å². The van der Waals surface area contributed by atoms with Crippen LogP contribution < -0.4 is 5.32 Å². The van der Waals surface area contributed by atoms with Crippen LogP contribution in [0.3, 0.4) is 0 Å². The molecule has 0 spiro atoms. The minimum Gasteiger partial charge on any atom is -0.508 e. The Morgan fingerprint density at radius 1 is 0.875 bits per heavy atom. The van der Waals surface area contributed by atoms with E-state index in [4.69, 9.17) is 11.6 Å². The van der Waals surface area contributed by atoms with Gasteiger partial charge in [-0.25, -0.2) is 0 Å². The molecule has 2 N–H and O–H groups in total. The van der Waals surface area contributed by atoms with Gasteiger partial charge >= 0.3 is 0 Å². The molecule has 24 heavy (non-hydrogen) atoms. The van der Waals surface area contributed by atoms with Crippen molar-refractivity contribution in [2.75, 3.05) is 5.32 Å². The number of halogens is 1. The number of hydrogen-bond acceptors (Lipinski definition) is 2. The zero-order valence-electron chi connectivity index (χ0n) is 12.7. The molecule has 1 atom stereocenters. The van der Waals surface area contributed by atoms with Crippen LogP contribution in [0.25, 0.3) is 11.1 Å². The minimum atomic E-state index is -0.552. The predicted molar refractivity (Wildman–Crippen MR) is 95.5 cm³/mol. The van der Waals surface area contributed by atoms with Gasteiger partial charge in [-0.1, -0.05) is 54.1 Å². The molecule has 1 aliphatic rings. The van der Waals surface area contributed by atoms with Crippen molar-refractivity contribution in [3.63, 3.8) is 0 Å². The Kier molecular flexibility index (Phi) is 3.51. The van der Waals surface area contributed by atoms with Crippen LogP contribution in [0.1, 0.15) is 17.0 Å². The number of nitrogens with one attached hydrogen (secondary N) is 1. The second-order valence-corrected chi connectivity index (χ2v) is 6.23. The van der Waals surface area contributed by atoms with Crippen LogP contribution in [0, 0.1) is 0 Å². The molecule has 0 saturated heterocycles. The Hall–Kier alpha value is -2.78. The monoisotopic (exact) mass is 335 g/mol. The van der Waals surface area contributed by atoms with E-state index < -0.39 is 5.92 Å². The fraction of sp³-hybridized carbons (Fsp3) is 0.0500. The van der Waals surface area contributed by atoms with Crippen LogP contribution in [0.5, 0.6) is 5.75 Å². The van der Waals surface area contributed by atoms with Crippen molar-refractivity contribution in [1.82, 2.24) is 0 Å². The smallest absolute Gasteiger partial charge is 0.236 e. The average molecular weight is 336 g/mol. The van der Waals surface area contributed by atoms with Gasteiger partial charge in [0.2, 0.25) is 5.91 Å². The van der Waals surface area contributed by atoms with Crippen molar-refractivity contribution in [3.05, 3.63) is 82.9 Å². The topological polar surface area (TPSA) is 49.3 Å². The third-order valence-corrected chi connectivity index (χ3v) is 4.53. The second-order valence-electron chi connectivity index (χ2n) is 5.79. The number of carbonyl (C=O) groups excluding carboxylic acids is 1. The predicted octanol–water partition coefficient (Wildman–Crippen LogP) is 4.80. The van der Waals surface area contributed by atoms with E-state index in [0.717, 1.165) is 22.4 Å². The fourth-order valence-electron chi connectivity index (χ4n) is 3.14. The number of rotatable bonds is 2. The number of carbonyl (C=O) groups is 1. The summed E-state index contributed by atoms with van der Waals surface area (Å²) in [6.45, 7) is 0. The highest BCUT2D eigenvalue weighted by Gasteiger charge is 2.33. The van der Waals surface area contributed by atoms with Gasteiger partial charge < -0.3 is 10.4 Å². The van der Waals surface area contributed by atoms with Gasteiger partial charge in [0.1, 0.15) is 5.75 Å². The van der Waals surface area contributed by atoms with Crippen molar-refractivity contribution >= 4 is 23.2 Å². The lowest BCUT2D eigenvalue weighted by atomic mass is 9.90. The molecule has 3 nitrogen and oxygen atoms in total. The third-order valence-electron chi connectivity index (χ3n) is 4.29. The molecule has 3 aromatic carbocycles. The number of amides is 1. The number of fused-ring (bicyclic) bond motifs is 1. The molecule has 0 bridgehead atoms. The van der Waals surface area contributed by atoms with E-state index in [1.54, 1.807) is 12.1 Å². The summed E-state index contributed by atoms with van der Waals surface area (Å²) in [6, 6.07) is 20.6. The summed E-state index contributed by atoms with van der Waals surface area (Å²) >= 11 is 6.03. The Labute approximate surface area is 144 Å². The summed E-state index contributed by atoms with van der Waals surface area (Å²) in [5.74, 6) is -0.643. The van der Waals surface area contributed by atoms with Gasteiger partial charge in [-0.05, 0) is 41.0 Å². The van der Waals surface area contributed by atoms with Crippen LogP contribution in [-0.2, 0) is 4.79 Å². The molecule has 3 aromatic rings. The summed E-state index contributed by atoms with van der Waals surface area (Å²) in [7, 11) is 0. The SMILES string of the molecule is O=C1Nc2cc(-c3ccccc3)ccc2C1c1cc(Cl)ccc1O. The molecule has 1 amide bonds. The standard InChI is InChI=1S/C20H14ClNO2/c21-14-7-9-18(23)16(11-14)19-15-8-6-13(10-17(15)22-20(19)24)12-4-2-1-3-5-12/h1-11,19,23H,(H,22,24). The van der Waals surface area contributed by atoms with Crippen molar-refractivity contribution in [1.29, 1.82) is 0 Å². The first-order valence-electron chi connectivity index (χ1n) is 7.62. The van der Waals surface area contributed by atoms with Crippen molar-refractivity contribution in [2.24, 2.45) is 0 Å². The molecule has 0 fully saturated rings. The van der Waals surface area contributed by atoms with Gasteiger partial charge in [0.25, 0.3) is 0 Å². The molecular formula is C20H14ClNO2. The van der Waals surface area contributed by atoms with Crippen LogP contribution in [0.15, 0.2) is 66.7 Å². The third kappa shape index (κ3) is 2.43. The van der Waals surface area contributed by atoms with E-state index in [9.17, 15) is 9.90 Å². The van der Waals surface area contributed by atoms with Gasteiger partial charge in [-0.2, -0.15) is 0 Å². The van der Waals surface area contributed by atoms with Crippen molar-refractivity contribution < 1.29 is 9.90 Å². The Balaban J connectivity index is 1.80. The zero-order valence-corrected chi connectivity index (χ0v) is 13.4. The fourth-order valence-corrected chi connectivity index (χ4v) is 3.32. The van der Waals surface area contributed by atoms with E-state index in [0.29, 0.717) is 10.6 Å². The summed E-state index contributed by atoms with van der Waals surface area (Å²) < 4.78 is 0. The van der Waals surface area contributed by atoms with E-state index in [2.05, 4.69) is 5.32 Å². The summed E-state index contributed by atoms with van der Waals surface area (Å²) in [6.07, 6.45) is 0. The number of phenolic OH excluding ortho intramolecular Hbond substituents is 1. The number of benzene rings is 3. The van der Waals surface area contributed by atoms with Crippen LogP contribution in [0.4, 0.5) is 5.69 Å². The first-order valence-corrected chi connectivity index (χ1v) is 8.00. The summed E-state index contributed by atoms with van der Waals surface area (Å²) in [5, 5.41) is 13.5. The van der Waals surface area contributed by atoms with Gasteiger partial charge in [-0.3, -0.25) is 4.79 Å². The molecule has 1 heterocycles. The lowest BCUT2D eigenvalue weighted by molar-refractivity contribution is -0.116. The largest absolute Gasteiger partial charge is 0.508 e. The molecule has 0 radical (unpaired) electrons. The minimum absolute atomic E-state index is 0.0690. The normalized spacial score (nSPS) is 15.9. The molecule has 1 unspecified atom stereocenters. The van der Waals surface area contributed by atoms with E-state index in [1.165, 1.54) is 6.07 Å². The van der Waals surface area contributed by atoms with Crippen LogP contribution >= 0.6 is 11.6 Å². The molecule has 0 aromatic heterocycles. The summed E-state index contributed by atoms with van der Waals surface area (Å²) in [5.41, 5.74) is 4.25. The molecule has 0 saturated carbocycles. The zero-order chi connectivity index (χ0) is 16.7. The first-order chi connectivity index (χ1) is 11.6.